The Morgan fingerprint density at radius 3 is 2.69 bits per heavy atom. The summed E-state index contributed by atoms with van der Waals surface area (Å²) < 4.78 is 4.38. The smallest absolute Gasteiger partial charge is 0.302 e. The number of benzene rings is 1. The van der Waals surface area contributed by atoms with Crippen molar-refractivity contribution in [1.29, 1.82) is 5.26 Å². The van der Waals surface area contributed by atoms with Gasteiger partial charge in [-0.3, -0.25) is 4.63 Å². The van der Waals surface area contributed by atoms with Crippen LogP contribution < -0.4 is 4.90 Å². The highest BCUT2D eigenvalue weighted by Crippen LogP contribution is 2.20. The third-order valence-corrected chi connectivity index (χ3v) is 2.75. The second kappa shape index (κ2) is 4.33. The van der Waals surface area contributed by atoms with Crippen molar-refractivity contribution in [3.05, 3.63) is 40.7 Å². The number of nitrogens with zero attached hydrogens (tertiary/aromatic N) is 3. The minimum absolute atomic E-state index is 0.105. The van der Waals surface area contributed by atoms with Crippen molar-refractivity contribution in [3.63, 3.8) is 0 Å². The summed E-state index contributed by atoms with van der Waals surface area (Å²) in [6, 6.07) is 9.10. The van der Waals surface area contributed by atoms with Gasteiger partial charge in [0.1, 0.15) is 0 Å². The third-order valence-electron chi connectivity index (χ3n) is 2.10. The second-order valence-electron chi connectivity index (χ2n) is 3.07. The molecule has 1 heterocycles. The van der Waals surface area contributed by atoms with Crippen LogP contribution in [0.4, 0.5) is 0 Å². The van der Waals surface area contributed by atoms with Gasteiger partial charge in [0.15, 0.2) is 6.07 Å². The Balaban J connectivity index is 2.47. The van der Waals surface area contributed by atoms with Gasteiger partial charge in [0, 0.05) is 16.1 Å². The molecule has 0 fully saturated rings. The maximum absolute atomic E-state index is 11.0. The fourth-order valence-corrected chi connectivity index (χ4v) is 1.66. The van der Waals surface area contributed by atoms with Gasteiger partial charge < -0.3 is 5.21 Å². The quantitative estimate of drug-likeness (QED) is 0.620. The Labute approximate surface area is 99.6 Å². The van der Waals surface area contributed by atoms with Crippen LogP contribution in [0.2, 0.25) is 0 Å². The van der Waals surface area contributed by atoms with Gasteiger partial charge in [-0.15, -0.1) is 0 Å². The van der Waals surface area contributed by atoms with Crippen LogP contribution in [0.5, 0.6) is 0 Å². The number of alkyl halides is 1. The number of aromatic nitrogens is 2. The first-order chi connectivity index (χ1) is 7.76. The first-order valence-corrected chi connectivity index (χ1v) is 5.53. The maximum atomic E-state index is 11.0. The van der Waals surface area contributed by atoms with Crippen molar-refractivity contribution >= 4 is 15.9 Å². The lowest BCUT2D eigenvalue weighted by molar-refractivity contribution is -0.804. The molecule has 80 valence electrons. The molecule has 0 bridgehead atoms. The van der Waals surface area contributed by atoms with Gasteiger partial charge in [-0.25, -0.2) is 0 Å². The summed E-state index contributed by atoms with van der Waals surface area (Å²) in [5, 5.41) is 24.1. The van der Waals surface area contributed by atoms with Gasteiger partial charge in [-0.05, 0) is 22.6 Å². The minimum atomic E-state index is -0.133. The lowest BCUT2D eigenvalue weighted by Gasteiger charge is -1.95. The highest BCUT2D eigenvalue weighted by atomic mass is 79.9. The van der Waals surface area contributed by atoms with E-state index in [1.165, 1.54) is 0 Å². The van der Waals surface area contributed by atoms with Crippen molar-refractivity contribution in [2.24, 2.45) is 0 Å². The number of rotatable bonds is 2. The van der Waals surface area contributed by atoms with Gasteiger partial charge in [-0.1, -0.05) is 28.1 Å². The molecule has 2 rings (SSSR count). The summed E-state index contributed by atoms with van der Waals surface area (Å²) >= 11 is 3.33. The van der Waals surface area contributed by atoms with Gasteiger partial charge in [-0.2, -0.15) is 5.26 Å². The van der Waals surface area contributed by atoms with E-state index in [9.17, 15) is 5.21 Å². The van der Waals surface area contributed by atoms with Gasteiger partial charge in [0.25, 0.3) is 5.69 Å². The molecule has 0 radical (unpaired) electrons. The first kappa shape index (κ1) is 10.6. The molecule has 1 aromatic carbocycles. The molecule has 0 spiro atoms. The average Bonchev–Trinajstić information content (AvgIpc) is 2.70. The summed E-state index contributed by atoms with van der Waals surface area (Å²) in [5.41, 5.74) is 1.91. The van der Waals surface area contributed by atoms with E-state index in [1.54, 1.807) is 18.2 Å². The van der Waals surface area contributed by atoms with Crippen LogP contribution in [0.25, 0.3) is 11.3 Å². The van der Waals surface area contributed by atoms with E-state index < -0.39 is 0 Å². The van der Waals surface area contributed by atoms with Crippen molar-refractivity contribution < 1.29 is 9.53 Å². The standard InChI is InChI=1S/C10H6BrN3O2/c11-5-7-1-3-8(4-2-7)10-9(6-12)14(15)16-13-10/h1-4H,5H2. The highest BCUT2D eigenvalue weighted by Gasteiger charge is 2.20. The number of nitriles is 1. The molecular formula is C10H6BrN3O2. The Hall–Kier alpha value is -1.87. The highest BCUT2D eigenvalue weighted by molar-refractivity contribution is 9.08. The van der Waals surface area contributed by atoms with Crippen LogP contribution in [0.15, 0.2) is 28.9 Å². The largest absolute Gasteiger partial charge is 0.358 e. The number of halogens is 1. The van der Waals surface area contributed by atoms with Gasteiger partial charge in [0.05, 0.1) is 0 Å². The molecule has 0 atom stereocenters. The Morgan fingerprint density at radius 2 is 2.12 bits per heavy atom. The summed E-state index contributed by atoms with van der Waals surface area (Å²) in [5.74, 6) is 0. The predicted molar refractivity (Wildman–Crippen MR) is 58.2 cm³/mol. The van der Waals surface area contributed by atoms with Crippen molar-refractivity contribution in [1.82, 2.24) is 5.16 Å². The van der Waals surface area contributed by atoms with E-state index in [0.29, 0.717) is 5.56 Å². The van der Waals surface area contributed by atoms with Crippen LogP contribution in [0, 0.1) is 16.5 Å². The Morgan fingerprint density at radius 1 is 1.44 bits per heavy atom. The number of hydrogen-bond donors (Lipinski definition) is 0. The summed E-state index contributed by atoms with van der Waals surface area (Å²) in [4.78, 5) is 0.105. The maximum Gasteiger partial charge on any atom is 0.302 e. The topological polar surface area (TPSA) is 76.8 Å². The monoisotopic (exact) mass is 279 g/mol. The predicted octanol–water partition coefficient (Wildman–Crippen LogP) is 1.74. The third kappa shape index (κ3) is 1.77. The number of hydrogen-bond acceptors (Lipinski definition) is 4. The van der Waals surface area contributed by atoms with Gasteiger partial charge >= 0.3 is 5.69 Å². The van der Waals surface area contributed by atoms with E-state index in [0.717, 1.165) is 10.9 Å². The van der Waals surface area contributed by atoms with E-state index in [1.807, 2.05) is 12.1 Å². The van der Waals surface area contributed by atoms with Gasteiger partial charge in [0.2, 0.25) is 0 Å². The van der Waals surface area contributed by atoms with Crippen molar-refractivity contribution in [2.45, 2.75) is 5.33 Å². The zero-order valence-corrected chi connectivity index (χ0v) is 9.64. The second-order valence-corrected chi connectivity index (χ2v) is 3.63. The molecule has 16 heavy (non-hydrogen) atoms. The molecule has 5 nitrogen and oxygen atoms in total. The molecule has 6 heteroatoms. The van der Waals surface area contributed by atoms with Crippen molar-refractivity contribution in [2.75, 3.05) is 0 Å². The lowest BCUT2D eigenvalue weighted by Crippen LogP contribution is -2.26. The SMILES string of the molecule is N#Cc1c(-c2ccc(CBr)cc2)no[n+]1[O-]. The zero-order chi connectivity index (χ0) is 11.5. The summed E-state index contributed by atoms with van der Waals surface area (Å²) in [6.07, 6.45) is 0. The Kier molecular flexibility index (Phi) is 2.88. The van der Waals surface area contributed by atoms with E-state index in [2.05, 4.69) is 25.7 Å². The molecule has 0 saturated carbocycles. The fraction of sp³-hybridized carbons (Fsp3) is 0.100. The molecule has 0 aliphatic carbocycles. The molecule has 0 amide bonds. The van der Waals surface area contributed by atoms with Crippen LogP contribution in [-0.2, 0) is 5.33 Å². The van der Waals surface area contributed by atoms with Crippen LogP contribution in [0.1, 0.15) is 11.3 Å². The lowest BCUT2D eigenvalue weighted by atomic mass is 10.1. The molecule has 0 aliphatic rings. The minimum Gasteiger partial charge on any atom is -0.358 e. The molecule has 0 unspecified atom stereocenters. The van der Waals surface area contributed by atoms with E-state index >= 15 is 0 Å². The molecule has 0 saturated heterocycles. The Bertz CT molecular complexity index is 542. The molecule has 1 aromatic heterocycles. The average molecular weight is 280 g/mol. The van der Waals surface area contributed by atoms with Crippen LogP contribution >= 0.6 is 15.9 Å². The van der Waals surface area contributed by atoms with Crippen molar-refractivity contribution in [3.8, 4) is 17.3 Å². The zero-order valence-electron chi connectivity index (χ0n) is 8.05. The van der Waals surface area contributed by atoms with Crippen LogP contribution in [0.3, 0.4) is 0 Å². The fourth-order valence-electron chi connectivity index (χ4n) is 1.28. The normalized spacial score (nSPS) is 10.0. The summed E-state index contributed by atoms with van der Waals surface area (Å²) in [6.45, 7) is 0. The first-order valence-electron chi connectivity index (χ1n) is 4.41. The van der Waals surface area contributed by atoms with E-state index in [-0.39, 0.29) is 16.3 Å². The molecule has 0 aliphatic heterocycles. The summed E-state index contributed by atoms with van der Waals surface area (Å²) in [7, 11) is 0. The van der Waals surface area contributed by atoms with Crippen LogP contribution in [-0.4, -0.2) is 5.16 Å². The molecule has 0 N–H and O–H groups in total. The van der Waals surface area contributed by atoms with E-state index in [4.69, 9.17) is 5.26 Å². The molecular weight excluding hydrogens is 274 g/mol. The molecule has 2 aromatic rings.